The number of aromatic nitrogens is 1. The smallest absolute Gasteiger partial charge is 0.270 e. The van der Waals surface area contributed by atoms with E-state index in [1.807, 2.05) is 12.1 Å². The molecule has 1 aliphatic rings. The van der Waals surface area contributed by atoms with Gasteiger partial charge in [-0.05, 0) is 26.0 Å². The first-order chi connectivity index (χ1) is 9.63. The van der Waals surface area contributed by atoms with Crippen LogP contribution in [0.3, 0.4) is 0 Å². The summed E-state index contributed by atoms with van der Waals surface area (Å²) in [6.45, 7) is 3.54. The summed E-state index contributed by atoms with van der Waals surface area (Å²) in [5, 5.41) is 6.36. The van der Waals surface area contributed by atoms with Crippen molar-refractivity contribution in [1.82, 2.24) is 5.16 Å². The third kappa shape index (κ3) is 2.32. The molecule has 2 atom stereocenters. The first-order valence-electron chi connectivity index (χ1n) is 6.30. The third-order valence-corrected chi connectivity index (χ3v) is 2.98. The van der Waals surface area contributed by atoms with E-state index in [-0.39, 0.29) is 5.91 Å². The predicted molar refractivity (Wildman–Crippen MR) is 70.8 cm³/mol. The largest absolute Gasteiger partial charge is 0.482 e. The minimum atomic E-state index is -0.734. The molecule has 3 rings (SSSR count). The van der Waals surface area contributed by atoms with Crippen LogP contribution >= 0.6 is 0 Å². The standard InChI is InChI=1S/C14H14N2O4/c1-8-7-12(16-20-8)15-14(17)13-9(2)18-10-5-3-4-6-11(10)19-13/h3-7,9,13H,1-2H3,(H,15,16,17)/t9-,13+/m1/s1. The fraction of sp³-hybridized carbons (Fsp3) is 0.286. The number of nitrogens with one attached hydrogen (secondary N) is 1. The number of hydrogen-bond acceptors (Lipinski definition) is 5. The Morgan fingerprint density at radius 3 is 2.60 bits per heavy atom. The highest BCUT2D eigenvalue weighted by atomic mass is 16.6. The van der Waals surface area contributed by atoms with E-state index in [0.717, 1.165) is 0 Å². The number of ether oxygens (including phenoxy) is 2. The first-order valence-corrected chi connectivity index (χ1v) is 6.30. The monoisotopic (exact) mass is 274 g/mol. The van der Waals surface area contributed by atoms with Crippen molar-refractivity contribution in [3.05, 3.63) is 36.1 Å². The quantitative estimate of drug-likeness (QED) is 0.908. The summed E-state index contributed by atoms with van der Waals surface area (Å²) in [6, 6.07) is 8.89. The molecule has 0 saturated heterocycles. The highest BCUT2D eigenvalue weighted by Crippen LogP contribution is 2.33. The molecule has 1 N–H and O–H groups in total. The predicted octanol–water partition coefficient (Wildman–Crippen LogP) is 2.15. The van der Waals surface area contributed by atoms with E-state index in [4.69, 9.17) is 14.0 Å². The van der Waals surface area contributed by atoms with Gasteiger partial charge in [0.25, 0.3) is 5.91 Å². The van der Waals surface area contributed by atoms with Gasteiger partial charge in [0.2, 0.25) is 6.10 Å². The molecule has 1 aliphatic heterocycles. The van der Waals surface area contributed by atoms with Crippen molar-refractivity contribution in [2.75, 3.05) is 5.32 Å². The van der Waals surface area contributed by atoms with Crippen LogP contribution in [0, 0.1) is 6.92 Å². The van der Waals surface area contributed by atoms with Gasteiger partial charge in [-0.2, -0.15) is 0 Å². The van der Waals surface area contributed by atoms with Crippen LogP contribution in [0.5, 0.6) is 11.5 Å². The lowest BCUT2D eigenvalue weighted by molar-refractivity contribution is -0.128. The Hall–Kier alpha value is -2.50. The average molecular weight is 274 g/mol. The summed E-state index contributed by atoms with van der Waals surface area (Å²) < 4.78 is 16.3. The lowest BCUT2D eigenvalue weighted by Crippen LogP contribution is -2.46. The number of hydrogen-bond donors (Lipinski definition) is 1. The highest BCUT2D eigenvalue weighted by Gasteiger charge is 2.34. The zero-order valence-corrected chi connectivity index (χ0v) is 11.1. The number of fused-ring (bicyclic) bond motifs is 1. The van der Waals surface area contributed by atoms with Gasteiger partial charge in [0.05, 0.1) is 0 Å². The van der Waals surface area contributed by atoms with Crippen LogP contribution < -0.4 is 14.8 Å². The highest BCUT2D eigenvalue weighted by molar-refractivity contribution is 5.94. The van der Waals surface area contributed by atoms with Gasteiger partial charge in [0.1, 0.15) is 11.9 Å². The molecule has 1 amide bonds. The van der Waals surface area contributed by atoms with Gasteiger partial charge in [-0.1, -0.05) is 17.3 Å². The maximum Gasteiger partial charge on any atom is 0.270 e. The zero-order chi connectivity index (χ0) is 14.1. The summed E-state index contributed by atoms with van der Waals surface area (Å²) in [5.74, 6) is 1.87. The fourth-order valence-corrected chi connectivity index (χ4v) is 2.03. The lowest BCUT2D eigenvalue weighted by Gasteiger charge is -2.30. The van der Waals surface area contributed by atoms with Crippen molar-refractivity contribution in [2.24, 2.45) is 0 Å². The normalized spacial score (nSPS) is 20.5. The van der Waals surface area contributed by atoms with Crippen molar-refractivity contribution in [2.45, 2.75) is 26.1 Å². The van der Waals surface area contributed by atoms with Gasteiger partial charge in [-0.15, -0.1) is 0 Å². The average Bonchev–Trinajstić information content (AvgIpc) is 2.83. The van der Waals surface area contributed by atoms with Crippen molar-refractivity contribution < 1.29 is 18.8 Å². The Balaban J connectivity index is 1.75. The van der Waals surface area contributed by atoms with E-state index in [0.29, 0.717) is 23.1 Å². The molecule has 6 nitrogen and oxygen atoms in total. The topological polar surface area (TPSA) is 73.6 Å². The summed E-state index contributed by atoms with van der Waals surface area (Å²) >= 11 is 0. The second-order valence-corrected chi connectivity index (χ2v) is 4.62. The molecule has 2 heterocycles. The molecule has 104 valence electrons. The molecule has 1 aromatic carbocycles. The van der Waals surface area contributed by atoms with Crippen LogP contribution in [0.25, 0.3) is 0 Å². The minimum Gasteiger partial charge on any atom is -0.482 e. The van der Waals surface area contributed by atoms with Gasteiger partial charge in [-0.25, -0.2) is 0 Å². The van der Waals surface area contributed by atoms with Crippen LogP contribution in [-0.4, -0.2) is 23.3 Å². The number of carbonyl (C=O) groups is 1. The molecule has 2 aromatic rings. The molecule has 0 unspecified atom stereocenters. The Kier molecular flexibility index (Phi) is 3.06. The summed E-state index contributed by atoms with van der Waals surface area (Å²) in [7, 11) is 0. The summed E-state index contributed by atoms with van der Waals surface area (Å²) in [4.78, 5) is 12.2. The fourth-order valence-electron chi connectivity index (χ4n) is 2.03. The Bertz CT molecular complexity index is 638. The summed E-state index contributed by atoms with van der Waals surface area (Å²) in [6.07, 6.45) is -1.13. The maximum atomic E-state index is 12.2. The van der Waals surface area contributed by atoms with Gasteiger partial charge < -0.3 is 19.3 Å². The van der Waals surface area contributed by atoms with E-state index in [9.17, 15) is 4.79 Å². The van der Waals surface area contributed by atoms with E-state index in [1.165, 1.54) is 0 Å². The van der Waals surface area contributed by atoms with Crippen LogP contribution in [0.4, 0.5) is 5.82 Å². The van der Waals surface area contributed by atoms with E-state index >= 15 is 0 Å². The van der Waals surface area contributed by atoms with Crippen molar-refractivity contribution in [1.29, 1.82) is 0 Å². The van der Waals surface area contributed by atoms with E-state index in [2.05, 4.69) is 10.5 Å². The number of anilines is 1. The van der Waals surface area contributed by atoms with Gasteiger partial charge >= 0.3 is 0 Å². The van der Waals surface area contributed by atoms with E-state index < -0.39 is 12.2 Å². The molecule has 0 aliphatic carbocycles. The van der Waals surface area contributed by atoms with Crippen LogP contribution in [-0.2, 0) is 4.79 Å². The molecule has 6 heteroatoms. The molecule has 0 bridgehead atoms. The van der Waals surface area contributed by atoms with E-state index in [1.54, 1.807) is 32.0 Å². The van der Waals surface area contributed by atoms with Crippen molar-refractivity contribution >= 4 is 11.7 Å². The zero-order valence-electron chi connectivity index (χ0n) is 11.1. The number of aryl methyl sites for hydroxylation is 1. The van der Waals surface area contributed by atoms with Crippen molar-refractivity contribution in [3.63, 3.8) is 0 Å². The maximum absolute atomic E-state index is 12.2. The molecule has 0 spiro atoms. The van der Waals surface area contributed by atoms with Gasteiger partial charge in [0.15, 0.2) is 17.3 Å². The van der Waals surface area contributed by atoms with Crippen molar-refractivity contribution in [3.8, 4) is 11.5 Å². The van der Waals surface area contributed by atoms with Gasteiger partial charge in [-0.3, -0.25) is 4.79 Å². The van der Waals surface area contributed by atoms with Crippen LogP contribution in [0.2, 0.25) is 0 Å². The Labute approximate surface area is 115 Å². The first kappa shape index (κ1) is 12.5. The molecule has 1 aromatic heterocycles. The SMILES string of the molecule is Cc1cc(NC(=O)[C@H]2Oc3ccccc3O[C@@H]2C)no1. The molecular weight excluding hydrogens is 260 g/mol. The number of nitrogens with zero attached hydrogens (tertiary/aromatic N) is 1. The molecule has 0 radical (unpaired) electrons. The van der Waals surface area contributed by atoms with Crippen LogP contribution in [0.15, 0.2) is 34.9 Å². The second kappa shape index (κ2) is 4.88. The minimum absolute atomic E-state index is 0.319. The molecule has 20 heavy (non-hydrogen) atoms. The number of carbonyl (C=O) groups excluding carboxylic acids is 1. The number of amides is 1. The molecule has 0 saturated carbocycles. The summed E-state index contributed by atoms with van der Waals surface area (Å²) in [5.41, 5.74) is 0. The number of benzene rings is 1. The Morgan fingerprint density at radius 2 is 1.95 bits per heavy atom. The number of para-hydroxylation sites is 2. The number of rotatable bonds is 2. The second-order valence-electron chi connectivity index (χ2n) is 4.62. The third-order valence-electron chi connectivity index (χ3n) is 2.98. The Morgan fingerprint density at radius 1 is 1.25 bits per heavy atom. The lowest BCUT2D eigenvalue weighted by atomic mass is 10.1. The van der Waals surface area contributed by atoms with Crippen LogP contribution in [0.1, 0.15) is 12.7 Å². The van der Waals surface area contributed by atoms with Gasteiger partial charge in [0, 0.05) is 6.07 Å². The molecular formula is C14H14N2O4. The molecule has 0 fully saturated rings.